The molecule has 0 aliphatic carbocycles. The second-order valence-electron chi connectivity index (χ2n) is 4.77. The van der Waals surface area contributed by atoms with Gasteiger partial charge in [0, 0.05) is 17.2 Å². The summed E-state index contributed by atoms with van der Waals surface area (Å²) in [6, 6.07) is 6.24. The van der Waals surface area contributed by atoms with Crippen LogP contribution in [0.1, 0.15) is 19.4 Å². The van der Waals surface area contributed by atoms with Gasteiger partial charge in [0.05, 0.1) is 6.10 Å². The van der Waals surface area contributed by atoms with Crippen LogP contribution in [0.15, 0.2) is 22.7 Å². The number of hydrogen-bond acceptors (Lipinski definition) is 6. The molecule has 0 saturated carbocycles. The highest BCUT2D eigenvalue weighted by Gasteiger charge is 2.09. The van der Waals surface area contributed by atoms with Crippen molar-refractivity contribution < 1.29 is 4.74 Å². The Balaban J connectivity index is 2.29. The molecule has 21 heavy (non-hydrogen) atoms. The molecule has 0 atom stereocenters. The zero-order valence-electron chi connectivity index (χ0n) is 12.4. The first-order chi connectivity index (χ1) is 9.97. The third kappa shape index (κ3) is 4.29. The number of anilines is 3. The summed E-state index contributed by atoms with van der Waals surface area (Å²) in [5.41, 5.74) is 2.02. The van der Waals surface area contributed by atoms with Crippen LogP contribution in [0, 0.1) is 6.92 Å². The summed E-state index contributed by atoms with van der Waals surface area (Å²) in [6.07, 6.45) is -0.000581. The van der Waals surface area contributed by atoms with Crippen molar-refractivity contribution in [3.8, 4) is 6.01 Å². The van der Waals surface area contributed by atoms with Crippen LogP contribution in [0.4, 0.5) is 17.6 Å². The van der Waals surface area contributed by atoms with Crippen molar-refractivity contribution in [3.63, 3.8) is 0 Å². The van der Waals surface area contributed by atoms with Gasteiger partial charge in [-0.15, -0.1) is 0 Å². The van der Waals surface area contributed by atoms with Crippen LogP contribution in [0.2, 0.25) is 0 Å². The molecule has 0 radical (unpaired) electrons. The molecular formula is C14H18BrN5O. The summed E-state index contributed by atoms with van der Waals surface area (Å²) < 4.78 is 6.56. The van der Waals surface area contributed by atoms with Crippen molar-refractivity contribution in [2.45, 2.75) is 26.9 Å². The maximum atomic E-state index is 5.53. The molecule has 0 unspecified atom stereocenters. The minimum atomic E-state index is -0.000581. The quantitative estimate of drug-likeness (QED) is 0.858. The molecule has 1 heterocycles. The van der Waals surface area contributed by atoms with E-state index in [9.17, 15) is 0 Å². The number of rotatable bonds is 5. The highest BCUT2D eigenvalue weighted by Crippen LogP contribution is 2.23. The predicted octanol–water partition coefficient (Wildman–Crippen LogP) is 3.52. The van der Waals surface area contributed by atoms with Crippen LogP contribution < -0.4 is 15.4 Å². The number of hydrogen-bond donors (Lipinski definition) is 2. The monoisotopic (exact) mass is 351 g/mol. The van der Waals surface area contributed by atoms with Crippen molar-refractivity contribution >= 4 is 33.5 Å². The minimum absolute atomic E-state index is 0.000581. The van der Waals surface area contributed by atoms with Gasteiger partial charge in [0.25, 0.3) is 0 Å². The zero-order valence-corrected chi connectivity index (χ0v) is 14.0. The smallest absolute Gasteiger partial charge is 0.323 e. The molecule has 0 fully saturated rings. The summed E-state index contributed by atoms with van der Waals surface area (Å²) >= 11 is 3.44. The Kier molecular flexibility index (Phi) is 4.95. The van der Waals surface area contributed by atoms with Crippen molar-refractivity contribution in [2.75, 3.05) is 17.7 Å². The van der Waals surface area contributed by atoms with Gasteiger partial charge in [0.1, 0.15) is 0 Å². The Bertz CT molecular complexity index is 633. The number of aryl methyl sites for hydroxylation is 1. The first-order valence-corrected chi connectivity index (χ1v) is 7.41. The molecule has 0 aliphatic rings. The van der Waals surface area contributed by atoms with Crippen LogP contribution in [-0.2, 0) is 0 Å². The van der Waals surface area contributed by atoms with Crippen molar-refractivity contribution in [2.24, 2.45) is 0 Å². The van der Waals surface area contributed by atoms with E-state index >= 15 is 0 Å². The molecule has 112 valence electrons. The lowest BCUT2D eigenvalue weighted by atomic mass is 10.2. The lowest BCUT2D eigenvalue weighted by molar-refractivity contribution is 0.222. The fourth-order valence-electron chi connectivity index (χ4n) is 1.68. The van der Waals surface area contributed by atoms with E-state index in [2.05, 4.69) is 41.5 Å². The molecule has 2 aromatic rings. The summed E-state index contributed by atoms with van der Waals surface area (Å²) in [7, 11) is 1.75. The SMILES string of the molecule is CNc1nc(Nc2ccc(Br)cc2C)nc(OC(C)C)n1. The number of benzene rings is 1. The molecule has 6 nitrogen and oxygen atoms in total. The second kappa shape index (κ2) is 6.71. The summed E-state index contributed by atoms with van der Waals surface area (Å²) in [5.74, 6) is 0.897. The number of nitrogens with one attached hydrogen (secondary N) is 2. The van der Waals surface area contributed by atoms with Gasteiger partial charge in [-0.1, -0.05) is 15.9 Å². The van der Waals surface area contributed by atoms with Crippen LogP contribution in [-0.4, -0.2) is 28.1 Å². The molecular weight excluding hydrogens is 334 g/mol. The Morgan fingerprint density at radius 2 is 1.86 bits per heavy atom. The zero-order chi connectivity index (χ0) is 15.4. The van der Waals surface area contributed by atoms with Crippen LogP contribution >= 0.6 is 15.9 Å². The van der Waals surface area contributed by atoms with Crippen molar-refractivity contribution in [3.05, 3.63) is 28.2 Å². The lowest BCUT2D eigenvalue weighted by Gasteiger charge is -2.12. The van der Waals surface area contributed by atoms with Gasteiger partial charge in [0.2, 0.25) is 11.9 Å². The Hall–Kier alpha value is -1.89. The Morgan fingerprint density at radius 1 is 1.14 bits per heavy atom. The van der Waals surface area contributed by atoms with E-state index in [4.69, 9.17) is 4.74 Å². The largest absolute Gasteiger partial charge is 0.461 e. The van der Waals surface area contributed by atoms with Crippen molar-refractivity contribution in [1.29, 1.82) is 0 Å². The van der Waals surface area contributed by atoms with Gasteiger partial charge >= 0.3 is 6.01 Å². The summed E-state index contributed by atoms with van der Waals surface area (Å²) in [4.78, 5) is 12.7. The number of halogens is 1. The molecule has 2 rings (SSSR count). The second-order valence-corrected chi connectivity index (χ2v) is 5.68. The maximum absolute atomic E-state index is 5.53. The first kappa shape index (κ1) is 15.5. The molecule has 0 bridgehead atoms. The fraction of sp³-hybridized carbons (Fsp3) is 0.357. The summed E-state index contributed by atoms with van der Waals surface area (Å²) in [6.45, 7) is 5.86. The number of ether oxygens (including phenoxy) is 1. The molecule has 1 aromatic heterocycles. The van der Waals surface area contributed by atoms with Gasteiger partial charge in [0.15, 0.2) is 0 Å². The van der Waals surface area contributed by atoms with Crippen LogP contribution in [0.5, 0.6) is 6.01 Å². The fourth-order valence-corrected chi connectivity index (χ4v) is 2.15. The molecule has 0 amide bonds. The van der Waals surface area contributed by atoms with Crippen LogP contribution in [0.3, 0.4) is 0 Å². The average molecular weight is 352 g/mol. The van der Waals surface area contributed by atoms with E-state index in [0.717, 1.165) is 15.7 Å². The van der Waals surface area contributed by atoms with Gasteiger partial charge < -0.3 is 15.4 Å². The van der Waals surface area contributed by atoms with Crippen molar-refractivity contribution in [1.82, 2.24) is 15.0 Å². The van der Waals surface area contributed by atoms with E-state index < -0.39 is 0 Å². The molecule has 0 aliphatic heterocycles. The molecule has 2 N–H and O–H groups in total. The Morgan fingerprint density at radius 3 is 2.48 bits per heavy atom. The highest BCUT2D eigenvalue weighted by molar-refractivity contribution is 9.10. The van der Waals surface area contributed by atoms with Gasteiger partial charge in [-0.25, -0.2) is 0 Å². The average Bonchev–Trinajstić information content (AvgIpc) is 2.41. The van der Waals surface area contributed by atoms with E-state index in [1.54, 1.807) is 7.05 Å². The minimum Gasteiger partial charge on any atom is -0.461 e. The van der Waals surface area contributed by atoms with Gasteiger partial charge in [-0.05, 0) is 44.5 Å². The number of nitrogens with zero attached hydrogens (tertiary/aromatic N) is 3. The van der Waals surface area contributed by atoms with E-state index in [1.165, 1.54) is 0 Å². The third-order valence-corrected chi connectivity index (χ3v) is 3.11. The normalized spacial score (nSPS) is 10.6. The molecule has 7 heteroatoms. The maximum Gasteiger partial charge on any atom is 0.323 e. The lowest BCUT2D eigenvalue weighted by Crippen LogP contribution is -2.12. The molecule has 0 saturated heterocycles. The highest BCUT2D eigenvalue weighted by atomic mass is 79.9. The standard InChI is InChI=1S/C14H18BrN5O/c1-8(2)21-14-19-12(16-4)18-13(20-14)17-11-6-5-10(15)7-9(11)3/h5-8H,1-4H3,(H2,16,17,18,19,20). The Labute approximate surface area is 132 Å². The topological polar surface area (TPSA) is 72.0 Å². The van der Waals surface area contributed by atoms with E-state index in [-0.39, 0.29) is 6.10 Å². The number of aromatic nitrogens is 3. The van der Waals surface area contributed by atoms with E-state index in [0.29, 0.717) is 17.9 Å². The van der Waals surface area contributed by atoms with Crippen LogP contribution in [0.25, 0.3) is 0 Å². The molecule has 0 spiro atoms. The molecule has 1 aromatic carbocycles. The third-order valence-electron chi connectivity index (χ3n) is 2.61. The first-order valence-electron chi connectivity index (χ1n) is 6.61. The van der Waals surface area contributed by atoms with E-state index in [1.807, 2.05) is 39.0 Å². The predicted molar refractivity (Wildman–Crippen MR) is 87.3 cm³/mol. The van der Waals surface area contributed by atoms with Gasteiger partial charge in [-0.2, -0.15) is 15.0 Å². The summed E-state index contributed by atoms with van der Waals surface area (Å²) in [5, 5.41) is 6.09. The van der Waals surface area contributed by atoms with Gasteiger partial charge in [-0.3, -0.25) is 0 Å².